The molecule has 0 saturated heterocycles. The van der Waals surface area contributed by atoms with Gasteiger partial charge >= 0.3 is 24.3 Å². The van der Waals surface area contributed by atoms with E-state index in [-0.39, 0.29) is 93.7 Å². The van der Waals surface area contributed by atoms with E-state index < -0.39 is 47.2 Å². The summed E-state index contributed by atoms with van der Waals surface area (Å²) in [5.74, 6) is -3.06. The molecule has 2 aliphatic rings. The van der Waals surface area contributed by atoms with Crippen molar-refractivity contribution in [3.63, 3.8) is 0 Å². The molecule has 77 heavy (non-hydrogen) atoms. The minimum absolute atomic E-state index is 0.00584. The number of carboxylic acids is 1. The molecule has 0 bridgehead atoms. The SMILES string of the molecule is CC1CCC(C(=O)N(c2ccc(Oc3ncc(CNc4cnccn4)cc3C(F)(F)F)cc2C(=O)O)C(C)C)CC1.COC(=O)c1cc(Oc2ncc(C=O)cc2C(F)(F)F)ccc1N(C(=O)C1CCC(C)CC1)C(C)C. The van der Waals surface area contributed by atoms with Crippen LogP contribution in [-0.2, 0) is 33.2 Å². The summed E-state index contributed by atoms with van der Waals surface area (Å²) in [5, 5.41) is 12.9. The summed E-state index contributed by atoms with van der Waals surface area (Å²) >= 11 is 0. The van der Waals surface area contributed by atoms with E-state index in [1.807, 2.05) is 13.8 Å². The number of aromatic carboxylic acids is 1. The zero-order chi connectivity index (χ0) is 56.4. The number of carbonyl (C=O) groups excluding carboxylic acids is 4. The van der Waals surface area contributed by atoms with Gasteiger partial charge in [-0.2, -0.15) is 26.3 Å². The second kappa shape index (κ2) is 25.5. The van der Waals surface area contributed by atoms with Gasteiger partial charge < -0.3 is 34.4 Å². The van der Waals surface area contributed by atoms with Crippen LogP contribution in [0.1, 0.15) is 141 Å². The first-order valence-electron chi connectivity index (χ1n) is 25.1. The van der Waals surface area contributed by atoms with Gasteiger partial charge in [0.25, 0.3) is 0 Å². The number of carboxylic acid groups (broad SMARTS) is 1. The highest BCUT2D eigenvalue weighted by molar-refractivity contribution is 6.04. The number of aromatic nitrogens is 4. The monoisotopic (exact) mass is 1080 g/mol. The lowest BCUT2D eigenvalue weighted by Crippen LogP contribution is -2.43. The molecule has 412 valence electrons. The van der Waals surface area contributed by atoms with E-state index in [4.69, 9.17) is 14.2 Å². The number of nitrogens with one attached hydrogen (secondary N) is 1. The first kappa shape index (κ1) is 58.6. The van der Waals surface area contributed by atoms with Gasteiger partial charge in [-0.15, -0.1) is 0 Å². The molecule has 0 aliphatic heterocycles. The zero-order valence-corrected chi connectivity index (χ0v) is 43.6. The Morgan fingerprint density at radius 3 is 1.60 bits per heavy atom. The van der Waals surface area contributed by atoms with Gasteiger partial charge in [0.1, 0.15) is 28.4 Å². The first-order valence-corrected chi connectivity index (χ1v) is 25.1. The number of methoxy groups -OCH3 is 1. The molecule has 0 radical (unpaired) electrons. The van der Waals surface area contributed by atoms with Crippen LogP contribution in [0.2, 0.25) is 0 Å². The van der Waals surface area contributed by atoms with Crippen molar-refractivity contribution in [3.8, 4) is 23.3 Å². The molecule has 16 nitrogen and oxygen atoms in total. The van der Waals surface area contributed by atoms with Crippen LogP contribution >= 0.6 is 0 Å². The number of nitrogens with zero attached hydrogens (tertiary/aromatic N) is 6. The van der Waals surface area contributed by atoms with Gasteiger partial charge in [-0.3, -0.25) is 19.4 Å². The van der Waals surface area contributed by atoms with E-state index in [9.17, 15) is 55.4 Å². The number of hydrogen-bond acceptors (Lipinski definition) is 13. The number of rotatable bonds is 16. The lowest BCUT2D eigenvalue weighted by atomic mass is 9.82. The van der Waals surface area contributed by atoms with Crippen molar-refractivity contribution in [1.82, 2.24) is 19.9 Å². The first-order chi connectivity index (χ1) is 36.4. The molecule has 7 rings (SSSR count). The predicted octanol–water partition coefficient (Wildman–Crippen LogP) is 12.6. The molecule has 2 fully saturated rings. The van der Waals surface area contributed by atoms with Crippen molar-refractivity contribution in [2.45, 2.75) is 124 Å². The molecule has 22 heteroatoms. The van der Waals surface area contributed by atoms with E-state index >= 15 is 0 Å². The Labute approximate surface area is 441 Å². The number of hydrogen-bond donors (Lipinski definition) is 2. The maximum Gasteiger partial charge on any atom is 0.421 e. The fourth-order valence-electron chi connectivity index (χ4n) is 9.23. The van der Waals surface area contributed by atoms with Crippen LogP contribution < -0.4 is 24.6 Å². The Kier molecular flexibility index (Phi) is 19.4. The standard InChI is InChI=1S/C29H32F3N5O4.C26H29F3N2O5/c1-17(2)37(27(38)20-6-4-18(3)5-7-20)24-9-8-21(13-22(24)28(39)40)41-26-23(29(30,31)32)12-19(15-36-26)14-35-25-16-33-10-11-34-25;1-15(2)31(24(33)18-7-5-16(3)6-8-18)22-10-9-19(12-20(22)25(34)35-4)36-23-21(26(27,28)29)11-17(14-32)13-30-23/h8-13,15-18,20H,4-7,14H2,1-3H3,(H,34,35)(H,39,40);9-16,18H,5-8H2,1-4H3. The van der Waals surface area contributed by atoms with Crippen LogP contribution in [0.3, 0.4) is 0 Å². The average molecular weight is 1080 g/mol. The lowest BCUT2D eigenvalue weighted by Gasteiger charge is -2.34. The summed E-state index contributed by atoms with van der Waals surface area (Å²) in [4.78, 5) is 81.2. The number of ether oxygens (including phenoxy) is 3. The van der Waals surface area contributed by atoms with E-state index in [1.54, 1.807) is 13.8 Å². The van der Waals surface area contributed by atoms with E-state index in [0.717, 1.165) is 69.7 Å². The molecular weight excluding hydrogens is 1020 g/mol. The minimum Gasteiger partial charge on any atom is -0.478 e. The van der Waals surface area contributed by atoms with Crippen molar-refractivity contribution in [1.29, 1.82) is 0 Å². The molecule has 0 atom stereocenters. The lowest BCUT2D eigenvalue weighted by molar-refractivity contribution is -0.139. The molecule has 2 N–H and O–H groups in total. The Balaban J connectivity index is 0.000000252. The quantitative estimate of drug-likeness (QED) is 0.0536. The van der Waals surface area contributed by atoms with E-state index in [1.165, 1.54) is 72.0 Å². The Morgan fingerprint density at radius 2 is 1.16 bits per heavy atom. The Morgan fingerprint density at radius 1 is 0.675 bits per heavy atom. The van der Waals surface area contributed by atoms with Crippen molar-refractivity contribution in [2.24, 2.45) is 23.7 Å². The maximum absolute atomic E-state index is 13.9. The number of anilines is 3. The highest BCUT2D eigenvalue weighted by atomic mass is 19.4. The number of halogens is 6. The fourth-order valence-corrected chi connectivity index (χ4v) is 9.23. The van der Waals surface area contributed by atoms with Crippen LogP contribution in [0, 0.1) is 23.7 Å². The zero-order valence-electron chi connectivity index (χ0n) is 43.6. The van der Waals surface area contributed by atoms with Crippen LogP contribution in [0.25, 0.3) is 0 Å². The molecule has 3 heterocycles. The van der Waals surface area contributed by atoms with Crippen LogP contribution in [0.5, 0.6) is 23.3 Å². The van der Waals surface area contributed by atoms with Crippen LogP contribution in [0.15, 0.2) is 79.5 Å². The van der Waals surface area contributed by atoms with Crippen LogP contribution in [-0.4, -0.2) is 74.3 Å². The number of carbonyl (C=O) groups is 5. The second-order valence-corrected chi connectivity index (χ2v) is 19.8. The highest BCUT2D eigenvalue weighted by Crippen LogP contribution is 2.42. The number of aldehydes is 1. The molecule has 0 spiro atoms. The third-order valence-corrected chi connectivity index (χ3v) is 13.3. The van der Waals surface area contributed by atoms with Gasteiger partial charge in [-0.25, -0.2) is 24.5 Å². The summed E-state index contributed by atoms with van der Waals surface area (Å²) in [7, 11) is 1.17. The molecular formula is C55H61F6N7O9. The third kappa shape index (κ3) is 15.1. The molecule has 2 aromatic carbocycles. The maximum atomic E-state index is 13.9. The fraction of sp³-hybridized carbons (Fsp3) is 0.436. The van der Waals surface area contributed by atoms with Gasteiger partial charge in [0.2, 0.25) is 23.6 Å². The molecule has 2 amide bonds. The predicted molar refractivity (Wildman–Crippen MR) is 272 cm³/mol. The largest absolute Gasteiger partial charge is 0.478 e. The summed E-state index contributed by atoms with van der Waals surface area (Å²) in [5.41, 5.74) is -2.23. The van der Waals surface area contributed by atoms with Gasteiger partial charge in [0, 0.05) is 60.8 Å². The van der Waals surface area contributed by atoms with Crippen LogP contribution in [0.4, 0.5) is 43.5 Å². The number of amides is 2. The molecule has 3 aromatic heterocycles. The smallest absolute Gasteiger partial charge is 0.421 e. The highest BCUT2D eigenvalue weighted by Gasteiger charge is 2.39. The van der Waals surface area contributed by atoms with Gasteiger partial charge in [0.05, 0.1) is 35.8 Å². The molecule has 2 saturated carbocycles. The third-order valence-electron chi connectivity index (χ3n) is 13.3. The van der Waals surface area contributed by atoms with Crippen molar-refractivity contribution in [2.75, 3.05) is 22.2 Å². The van der Waals surface area contributed by atoms with Crippen molar-refractivity contribution >= 4 is 47.2 Å². The number of benzene rings is 2. The molecule has 0 unspecified atom stereocenters. The van der Waals surface area contributed by atoms with Gasteiger partial charge in [0.15, 0.2) is 6.29 Å². The summed E-state index contributed by atoms with van der Waals surface area (Å²) < 4.78 is 98.2. The average Bonchev–Trinajstić information content (AvgIpc) is 3.40. The van der Waals surface area contributed by atoms with Crippen molar-refractivity contribution in [3.05, 3.63) is 113 Å². The molecule has 5 aromatic rings. The topological polar surface area (TPSA) is 203 Å². The number of pyridine rings is 2. The van der Waals surface area contributed by atoms with Gasteiger partial charge in [-0.05, 0) is 145 Å². The second-order valence-electron chi connectivity index (χ2n) is 19.8. The van der Waals surface area contributed by atoms with E-state index in [0.29, 0.717) is 23.7 Å². The number of alkyl halides is 6. The summed E-state index contributed by atoms with van der Waals surface area (Å²) in [6, 6.07) is 8.82. The Bertz CT molecular complexity index is 2890. The normalized spacial score (nSPS) is 17.6. The Hall–Kier alpha value is -7.65. The number of esters is 1. The molecule has 2 aliphatic carbocycles. The minimum atomic E-state index is -4.83. The summed E-state index contributed by atoms with van der Waals surface area (Å²) in [6.07, 6.45) is 3.84. The van der Waals surface area contributed by atoms with Crippen molar-refractivity contribution < 1.29 is 69.6 Å². The van der Waals surface area contributed by atoms with Gasteiger partial charge in [-0.1, -0.05) is 13.8 Å². The summed E-state index contributed by atoms with van der Waals surface area (Å²) in [6.45, 7) is 11.5. The van der Waals surface area contributed by atoms with E-state index in [2.05, 4.69) is 39.1 Å².